The van der Waals surface area contributed by atoms with Gasteiger partial charge in [-0.2, -0.15) is 0 Å². The highest BCUT2D eigenvalue weighted by molar-refractivity contribution is 8.18. The van der Waals surface area contributed by atoms with Gasteiger partial charge in [0.05, 0.1) is 16.2 Å². The van der Waals surface area contributed by atoms with Crippen molar-refractivity contribution in [1.82, 2.24) is 5.32 Å². The van der Waals surface area contributed by atoms with E-state index in [4.69, 9.17) is 5.11 Å². The summed E-state index contributed by atoms with van der Waals surface area (Å²) in [6, 6.07) is 14.4. The Morgan fingerprint density at radius 1 is 1.19 bits per heavy atom. The molecular formula is C20H18N2O3S. The molecule has 0 bridgehead atoms. The number of nitrogens with one attached hydrogen (secondary N) is 1. The molecule has 26 heavy (non-hydrogen) atoms. The van der Waals surface area contributed by atoms with Gasteiger partial charge >= 0.3 is 5.97 Å². The fourth-order valence-corrected chi connectivity index (χ4v) is 3.28. The van der Waals surface area contributed by atoms with Crippen molar-refractivity contribution >= 4 is 40.6 Å². The number of amides is 1. The van der Waals surface area contributed by atoms with Crippen LogP contribution in [-0.4, -0.2) is 22.2 Å². The van der Waals surface area contributed by atoms with Crippen molar-refractivity contribution in [3.05, 3.63) is 70.1 Å². The second-order valence-electron chi connectivity index (χ2n) is 6.16. The van der Waals surface area contributed by atoms with Crippen molar-refractivity contribution in [2.45, 2.75) is 19.8 Å². The lowest BCUT2D eigenvalue weighted by molar-refractivity contribution is -0.115. The Bertz CT molecular complexity index is 915. The molecular weight excluding hydrogens is 348 g/mol. The zero-order chi connectivity index (χ0) is 18.7. The van der Waals surface area contributed by atoms with Crippen molar-refractivity contribution in [2.75, 3.05) is 0 Å². The van der Waals surface area contributed by atoms with Crippen molar-refractivity contribution in [3.8, 4) is 0 Å². The largest absolute Gasteiger partial charge is 0.478 e. The Kier molecular flexibility index (Phi) is 5.23. The van der Waals surface area contributed by atoms with Gasteiger partial charge in [-0.05, 0) is 53.1 Å². The minimum atomic E-state index is -1.01. The molecule has 5 nitrogen and oxygen atoms in total. The Morgan fingerprint density at radius 3 is 2.58 bits per heavy atom. The highest BCUT2D eigenvalue weighted by Crippen LogP contribution is 2.28. The SMILES string of the molecule is CC(C)c1ccc(C=C2SC(=Nc3cccc(C(=O)O)c3)NC2=O)cc1. The molecule has 2 aromatic carbocycles. The van der Waals surface area contributed by atoms with E-state index < -0.39 is 5.97 Å². The van der Waals surface area contributed by atoms with E-state index in [0.29, 0.717) is 21.7 Å². The minimum absolute atomic E-state index is 0.155. The van der Waals surface area contributed by atoms with E-state index in [0.717, 1.165) is 5.56 Å². The predicted octanol–water partition coefficient (Wildman–Crippen LogP) is 4.40. The van der Waals surface area contributed by atoms with Crippen molar-refractivity contribution in [2.24, 2.45) is 4.99 Å². The number of nitrogens with zero attached hydrogens (tertiary/aromatic N) is 1. The van der Waals surface area contributed by atoms with Gasteiger partial charge in [0.25, 0.3) is 5.91 Å². The summed E-state index contributed by atoms with van der Waals surface area (Å²) in [6.45, 7) is 4.27. The molecule has 1 amide bonds. The summed E-state index contributed by atoms with van der Waals surface area (Å²) in [5, 5.41) is 12.2. The monoisotopic (exact) mass is 366 g/mol. The molecule has 1 saturated heterocycles. The quantitative estimate of drug-likeness (QED) is 0.786. The standard InChI is InChI=1S/C20H18N2O3S/c1-12(2)14-8-6-13(7-9-14)10-17-18(23)22-20(26-17)21-16-5-3-4-15(11-16)19(24)25/h3-12H,1-2H3,(H,24,25)(H,21,22,23). The molecule has 132 valence electrons. The van der Waals surface area contributed by atoms with E-state index in [2.05, 4.69) is 36.3 Å². The highest BCUT2D eigenvalue weighted by atomic mass is 32.2. The van der Waals surface area contributed by atoms with Crippen LogP contribution in [0.2, 0.25) is 0 Å². The first-order valence-corrected chi connectivity index (χ1v) is 8.97. The van der Waals surface area contributed by atoms with E-state index in [-0.39, 0.29) is 11.5 Å². The number of carboxylic acids is 1. The van der Waals surface area contributed by atoms with E-state index >= 15 is 0 Å². The Labute approximate surface area is 155 Å². The lowest BCUT2D eigenvalue weighted by atomic mass is 10.0. The van der Waals surface area contributed by atoms with E-state index in [1.54, 1.807) is 12.1 Å². The lowest BCUT2D eigenvalue weighted by Gasteiger charge is -2.04. The van der Waals surface area contributed by atoms with Crippen molar-refractivity contribution in [3.63, 3.8) is 0 Å². The summed E-state index contributed by atoms with van der Waals surface area (Å²) in [5.41, 5.74) is 2.83. The van der Waals surface area contributed by atoms with Crippen molar-refractivity contribution in [1.29, 1.82) is 0 Å². The maximum Gasteiger partial charge on any atom is 0.335 e. The number of aromatic carboxylic acids is 1. The van der Waals surface area contributed by atoms with Gasteiger partial charge < -0.3 is 10.4 Å². The van der Waals surface area contributed by atoms with Crippen molar-refractivity contribution < 1.29 is 14.7 Å². The molecule has 0 aromatic heterocycles. The van der Waals surface area contributed by atoms with Crippen LogP contribution < -0.4 is 5.32 Å². The average Bonchev–Trinajstić information content (AvgIpc) is 2.94. The van der Waals surface area contributed by atoms with Crippen LogP contribution in [0.25, 0.3) is 6.08 Å². The summed E-state index contributed by atoms with van der Waals surface area (Å²) in [6.07, 6.45) is 1.82. The fourth-order valence-electron chi connectivity index (χ4n) is 2.43. The lowest BCUT2D eigenvalue weighted by Crippen LogP contribution is -2.19. The molecule has 0 aliphatic carbocycles. The van der Waals surface area contributed by atoms with Crippen LogP contribution in [0.3, 0.4) is 0 Å². The average molecular weight is 366 g/mol. The zero-order valence-corrected chi connectivity index (χ0v) is 15.2. The third-order valence-corrected chi connectivity index (χ3v) is 4.79. The summed E-state index contributed by atoms with van der Waals surface area (Å²) in [7, 11) is 0. The van der Waals surface area contributed by atoms with Gasteiger partial charge in [0.2, 0.25) is 0 Å². The van der Waals surface area contributed by atoms with E-state index in [9.17, 15) is 9.59 Å². The molecule has 1 heterocycles. The molecule has 0 spiro atoms. The molecule has 0 radical (unpaired) electrons. The van der Waals surface area contributed by atoms with Crippen LogP contribution in [0.5, 0.6) is 0 Å². The molecule has 1 fully saturated rings. The van der Waals surface area contributed by atoms with Gasteiger partial charge in [-0.1, -0.05) is 44.2 Å². The molecule has 0 atom stereocenters. The number of carbonyl (C=O) groups is 2. The topological polar surface area (TPSA) is 78.8 Å². The van der Waals surface area contributed by atoms with Gasteiger partial charge in [0, 0.05) is 0 Å². The van der Waals surface area contributed by atoms with Crippen LogP contribution >= 0.6 is 11.8 Å². The second-order valence-corrected chi connectivity index (χ2v) is 7.19. The van der Waals surface area contributed by atoms with Gasteiger partial charge in [0.1, 0.15) is 0 Å². The number of aliphatic imine (C=N–C) groups is 1. The fraction of sp³-hybridized carbons (Fsp3) is 0.150. The zero-order valence-electron chi connectivity index (χ0n) is 14.4. The first-order valence-electron chi connectivity index (χ1n) is 8.15. The number of benzene rings is 2. The molecule has 1 aliphatic rings. The first-order chi connectivity index (χ1) is 12.4. The number of rotatable bonds is 4. The van der Waals surface area contributed by atoms with Crippen LogP contribution in [0.15, 0.2) is 58.4 Å². The molecule has 2 aromatic rings. The van der Waals surface area contributed by atoms with E-state index in [1.807, 2.05) is 18.2 Å². The molecule has 6 heteroatoms. The molecule has 0 unspecified atom stereocenters. The Morgan fingerprint density at radius 2 is 1.92 bits per heavy atom. The van der Waals surface area contributed by atoms with Gasteiger partial charge in [-0.3, -0.25) is 4.79 Å². The summed E-state index contributed by atoms with van der Waals surface area (Å²) < 4.78 is 0. The summed E-state index contributed by atoms with van der Waals surface area (Å²) >= 11 is 1.24. The first kappa shape index (κ1) is 17.9. The number of carbonyl (C=O) groups excluding carboxylic acids is 1. The number of hydrogen-bond acceptors (Lipinski definition) is 4. The van der Waals surface area contributed by atoms with Crippen LogP contribution in [0.1, 0.15) is 41.3 Å². The van der Waals surface area contributed by atoms with Gasteiger partial charge in [-0.15, -0.1) is 0 Å². The maximum atomic E-state index is 12.2. The normalized spacial score (nSPS) is 17.1. The maximum absolute atomic E-state index is 12.2. The Hall–Kier alpha value is -2.86. The van der Waals surface area contributed by atoms with Gasteiger partial charge in [-0.25, -0.2) is 9.79 Å². The molecule has 3 rings (SSSR count). The minimum Gasteiger partial charge on any atom is -0.478 e. The predicted molar refractivity (Wildman–Crippen MR) is 105 cm³/mol. The van der Waals surface area contributed by atoms with E-state index in [1.165, 1.54) is 29.5 Å². The third-order valence-electron chi connectivity index (χ3n) is 3.88. The highest BCUT2D eigenvalue weighted by Gasteiger charge is 2.23. The third kappa shape index (κ3) is 4.21. The molecule has 0 saturated carbocycles. The molecule has 1 aliphatic heterocycles. The Balaban J connectivity index is 1.79. The number of hydrogen-bond donors (Lipinski definition) is 2. The smallest absolute Gasteiger partial charge is 0.335 e. The summed E-state index contributed by atoms with van der Waals surface area (Å²) in [4.78, 5) is 28.1. The number of carboxylic acid groups (broad SMARTS) is 1. The summed E-state index contributed by atoms with van der Waals surface area (Å²) in [5.74, 6) is -0.766. The number of thioether (sulfide) groups is 1. The van der Waals surface area contributed by atoms with Crippen LogP contribution in [0.4, 0.5) is 5.69 Å². The van der Waals surface area contributed by atoms with Crippen LogP contribution in [0, 0.1) is 0 Å². The van der Waals surface area contributed by atoms with Crippen LogP contribution in [-0.2, 0) is 4.79 Å². The second kappa shape index (κ2) is 7.58. The van der Waals surface area contributed by atoms with Gasteiger partial charge in [0.15, 0.2) is 5.17 Å². The molecule has 2 N–H and O–H groups in total. The number of amidine groups is 1.